The summed E-state index contributed by atoms with van der Waals surface area (Å²) in [7, 11) is 0. The molecule has 196 valence electrons. The fraction of sp³-hybridized carbons (Fsp3) is 0.536. The van der Waals surface area contributed by atoms with Crippen LogP contribution in [0.5, 0.6) is 0 Å². The molecule has 2 aromatic carbocycles. The molecule has 2 aliphatic heterocycles. The maximum absolute atomic E-state index is 11.7. The van der Waals surface area contributed by atoms with Gasteiger partial charge < -0.3 is 30.3 Å². The molecule has 36 heavy (non-hydrogen) atoms. The van der Waals surface area contributed by atoms with E-state index in [9.17, 15) is 15.0 Å². The third-order valence-corrected chi connectivity index (χ3v) is 7.29. The van der Waals surface area contributed by atoms with Gasteiger partial charge in [0, 0.05) is 37.2 Å². The Labute approximate surface area is 213 Å². The lowest BCUT2D eigenvalue weighted by molar-refractivity contribution is -0.276. The Bertz CT molecular complexity index is 968. The number of urea groups is 1. The number of aliphatic hydroxyl groups excluding tert-OH is 2. The van der Waals surface area contributed by atoms with Crippen LogP contribution in [-0.2, 0) is 22.6 Å². The van der Waals surface area contributed by atoms with Crippen LogP contribution in [-0.4, -0.2) is 59.5 Å². The van der Waals surface area contributed by atoms with Crippen molar-refractivity contribution in [3.05, 3.63) is 70.8 Å². The molecule has 0 spiro atoms. The Morgan fingerprint density at radius 2 is 1.69 bits per heavy atom. The minimum absolute atomic E-state index is 0.00847. The zero-order valence-corrected chi connectivity index (χ0v) is 21.2. The predicted octanol–water partition coefficient (Wildman–Crippen LogP) is 3.25. The minimum Gasteiger partial charge on any atom is -0.395 e. The number of likely N-dealkylation sites (tertiary alicyclic amines) is 1. The van der Waals surface area contributed by atoms with Crippen molar-refractivity contribution in [2.24, 2.45) is 5.92 Å². The normalized spacial score (nSPS) is 26.6. The summed E-state index contributed by atoms with van der Waals surface area (Å²) < 4.78 is 13.1. The molecule has 2 aliphatic rings. The molecule has 0 aromatic heterocycles. The van der Waals surface area contributed by atoms with E-state index in [-0.39, 0.29) is 43.4 Å². The molecule has 2 fully saturated rings. The Kier molecular flexibility index (Phi) is 9.34. The summed E-state index contributed by atoms with van der Waals surface area (Å²) in [5.41, 5.74) is 3.84. The highest BCUT2D eigenvalue weighted by atomic mass is 16.7. The van der Waals surface area contributed by atoms with Crippen LogP contribution in [0.3, 0.4) is 0 Å². The monoisotopic (exact) mass is 497 g/mol. The van der Waals surface area contributed by atoms with Gasteiger partial charge in [-0.15, -0.1) is 0 Å². The predicted molar refractivity (Wildman–Crippen MR) is 137 cm³/mol. The lowest BCUT2D eigenvalue weighted by atomic mass is 9.90. The fourth-order valence-electron chi connectivity index (χ4n) is 5.10. The first-order chi connectivity index (χ1) is 17.5. The summed E-state index contributed by atoms with van der Waals surface area (Å²) in [5.74, 6) is 0.0988. The highest BCUT2D eigenvalue weighted by molar-refractivity contribution is 5.73. The number of nitrogens with one attached hydrogen (secondary N) is 2. The Morgan fingerprint density at radius 1 is 1.00 bits per heavy atom. The quantitative estimate of drug-likeness (QED) is 0.424. The molecule has 0 bridgehead atoms. The van der Waals surface area contributed by atoms with Crippen LogP contribution in [0.15, 0.2) is 48.5 Å². The maximum Gasteiger partial charge on any atom is 0.315 e. The summed E-state index contributed by atoms with van der Waals surface area (Å²) in [4.78, 5) is 14.0. The highest BCUT2D eigenvalue weighted by Crippen LogP contribution is 2.42. The molecule has 2 heterocycles. The fourth-order valence-corrected chi connectivity index (χ4v) is 5.10. The van der Waals surface area contributed by atoms with Crippen LogP contribution in [0.25, 0.3) is 0 Å². The number of amides is 2. The molecule has 0 aliphatic carbocycles. The second kappa shape index (κ2) is 12.7. The second-order valence-corrected chi connectivity index (χ2v) is 9.75. The topological polar surface area (TPSA) is 103 Å². The SMILES string of the molecule is CCNC(=O)NCc1ccc(C2OC(CN3CCCC3CO)C(C)C(c3ccc(CO)cc3)O2)cc1. The van der Waals surface area contributed by atoms with Crippen molar-refractivity contribution in [2.45, 2.75) is 64.4 Å². The van der Waals surface area contributed by atoms with Gasteiger partial charge >= 0.3 is 6.03 Å². The molecule has 0 radical (unpaired) electrons. The van der Waals surface area contributed by atoms with Gasteiger partial charge in [-0.05, 0) is 43.0 Å². The Morgan fingerprint density at radius 3 is 2.36 bits per heavy atom. The highest BCUT2D eigenvalue weighted by Gasteiger charge is 2.40. The number of ether oxygens (including phenoxy) is 2. The van der Waals surface area contributed by atoms with Gasteiger partial charge in [0.25, 0.3) is 0 Å². The van der Waals surface area contributed by atoms with E-state index in [0.29, 0.717) is 13.1 Å². The van der Waals surface area contributed by atoms with Gasteiger partial charge in [-0.3, -0.25) is 4.90 Å². The van der Waals surface area contributed by atoms with Crippen molar-refractivity contribution in [1.82, 2.24) is 15.5 Å². The zero-order valence-electron chi connectivity index (χ0n) is 21.2. The van der Waals surface area contributed by atoms with Gasteiger partial charge in [0.15, 0.2) is 6.29 Å². The molecule has 2 saturated heterocycles. The second-order valence-electron chi connectivity index (χ2n) is 9.75. The molecule has 8 heteroatoms. The third kappa shape index (κ3) is 6.44. The van der Waals surface area contributed by atoms with Crippen LogP contribution in [0.2, 0.25) is 0 Å². The first-order valence-electron chi connectivity index (χ1n) is 13.0. The van der Waals surface area contributed by atoms with Crippen LogP contribution >= 0.6 is 0 Å². The zero-order chi connectivity index (χ0) is 25.5. The van der Waals surface area contributed by atoms with E-state index in [1.54, 1.807) is 0 Å². The van der Waals surface area contributed by atoms with E-state index >= 15 is 0 Å². The molecular weight excluding hydrogens is 458 g/mol. The molecule has 4 N–H and O–H groups in total. The molecule has 5 unspecified atom stereocenters. The van der Waals surface area contributed by atoms with Gasteiger partial charge in [0.2, 0.25) is 0 Å². The van der Waals surface area contributed by atoms with Crippen molar-refractivity contribution in [3.63, 3.8) is 0 Å². The van der Waals surface area contributed by atoms with E-state index in [4.69, 9.17) is 9.47 Å². The third-order valence-electron chi connectivity index (χ3n) is 7.29. The number of aliphatic hydroxyl groups is 2. The molecule has 2 aromatic rings. The number of hydrogen-bond donors (Lipinski definition) is 4. The van der Waals surface area contributed by atoms with E-state index < -0.39 is 6.29 Å². The van der Waals surface area contributed by atoms with Gasteiger partial charge in [-0.1, -0.05) is 55.5 Å². The molecule has 4 rings (SSSR count). The Balaban J connectivity index is 1.52. The van der Waals surface area contributed by atoms with Gasteiger partial charge in [0.05, 0.1) is 25.4 Å². The van der Waals surface area contributed by atoms with Crippen molar-refractivity contribution >= 4 is 6.03 Å². The summed E-state index contributed by atoms with van der Waals surface area (Å²) >= 11 is 0. The van der Waals surface area contributed by atoms with Crippen LogP contribution in [0.4, 0.5) is 4.79 Å². The number of rotatable bonds is 9. The lowest BCUT2D eigenvalue weighted by Crippen LogP contribution is -2.46. The number of benzene rings is 2. The largest absolute Gasteiger partial charge is 0.395 e. The number of hydrogen-bond acceptors (Lipinski definition) is 6. The van der Waals surface area contributed by atoms with Gasteiger partial charge in [0.1, 0.15) is 0 Å². The average Bonchev–Trinajstić information content (AvgIpc) is 3.36. The molecule has 8 nitrogen and oxygen atoms in total. The van der Waals surface area contributed by atoms with Gasteiger partial charge in [-0.25, -0.2) is 4.79 Å². The summed E-state index contributed by atoms with van der Waals surface area (Å²) in [6, 6.07) is 15.9. The molecule has 5 atom stereocenters. The van der Waals surface area contributed by atoms with Crippen LogP contribution in [0, 0.1) is 5.92 Å². The van der Waals surface area contributed by atoms with Crippen molar-refractivity contribution < 1.29 is 24.5 Å². The van der Waals surface area contributed by atoms with E-state index in [1.165, 1.54) is 0 Å². The van der Waals surface area contributed by atoms with Crippen molar-refractivity contribution in [2.75, 3.05) is 26.2 Å². The first-order valence-corrected chi connectivity index (χ1v) is 13.0. The summed E-state index contributed by atoms with van der Waals surface area (Å²) in [6.45, 7) is 6.95. The summed E-state index contributed by atoms with van der Waals surface area (Å²) in [6.07, 6.45) is 1.32. The molecule has 2 amide bonds. The Hall–Kier alpha value is -2.49. The molecule has 0 saturated carbocycles. The van der Waals surface area contributed by atoms with Crippen LogP contribution in [0.1, 0.15) is 61.3 Å². The van der Waals surface area contributed by atoms with E-state index in [1.807, 2.05) is 55.5 Å². The maximum atomic E-state index is 11.7. The minimum atomic E-state index is -0.533. The molecular formula is C28H39N3O5. The number of carbonyl (C=O) groups is 1. The van der Waals surface area contributed by atoms with Crippen molar-refractivity contribution in [3.8, 4) is 0 Å². The standard InChI is InChI=1S/C28H39N3O5/c1-3-29-28(34)30-15-20-6-12-23(13-7-20)27-35-25(16-31-14-4-5-24(31)18-33)19(2)26(36-27)22-10-8-21(17-32)9-11-22/h6-13,19,24-27,32-33H,3-5,14-18H2,1-2H3,(H2,29,30,34). The smallest absolute Gasteiger partial charge is 0.315 e. The van der Waals surface area contributed by atoms with Crippen molar-refractivity contribution in [1.29, 1.82) is 0 Å². The number of carbonyl (C=O) groups excluding carboxylic acids is 1. The number of nitrogens with zero attached hydrogens (tertiary/aromatic N) is 1. The van der Waals surface area contributed by atoms with E-state index in [0.717, 1.165) is 48.2 Å². The van der Waals surface area contributed by atoms with Gasteiger partial charge in [-0.2, -0.15) is 0 Å². The average molecular weight is 498 g/mol. The van der Waals surface area contributed by atoms with Crippen LogP contribution < -0.4 is 10.6 Å². The lowest BCUT2D eigenvalue weighted by Gasteiger charge is -2.43. The summed E-state index contributed by atoms with van der Waals surface area (Å²) in [5, 5.41) is 24.8. The van der Waals surface area contributed by atoms with E-state index in [2.05, 4.69) is 22.5 Å². The first kappa shape index (κ1) is 26.6.